The van der Waals surface area contributed by atoms with E-state index in [0.29, 0.717) is 5.75 Å². The molecule has 3 nitrogen and oxygen atoms in total. The molecule has 0 atom stereocenters. The van der Waals surface area contributed by atoms with Crippen molar-refractivity contribution in [2.75, 3.05) is 12.4 Å². The third-order valence-electron chi connectivity index (χ3n) is 2.66. The lowest BCUT2D eigenvalue weighted by Gasteiger charge is -2.21. The van der Waals surface area contributed by atoms with Crippen LogP contribution < -0.4 is 10.1 Å². The summed E-state index contributed by atoms with van der Waals surface area (Å²) in [5, 5.41) is 13.1. The summed E-state index contributed by atoms with van der Waals surface area (Å²) in [6.07, 6.45) is 0. The molecule has 2 aromatic carbocycles. The molecule has 4 heteroatoms. The van der Waals surface area contributed by atoms with E-state index in [-0.39, 0.29) is 0 Å². The van der Waals surface area contributed by atoms with Gasteiger partial charge in [-0.3, -0.25) is 0 Å². The molecule has 0 saturated carbocycles. The third-order valence-corrected chi connectivity index (χ3v) is 3.87. The Balaban J connectivity index is 2.08. The van der Waals surface area contributed by atoms with Gasteiger partial charge in [-0.25, -0.2) is 0 Å². The molecule has 2 N–H and O–H groups in total. The van der Waals surface area contributed by atoms with Crippen LogP contribution >= 0.6 is 11.8 Å². The summed E-state index contributed by atoms with van der Waals surface area (Å²) in [7, 11) is 1.65. The number of phenols is 1. The van der Waals surface area contributed by atoms with Crippen LogP contribution in [0.3, 0.4) is 0 Å². The minimum Gasteiger partial charge on any atom is -0.507 e. The van der Waals surface area contributed by atoms with E-state index >= 15 is 0 Å². The standard InChI is InChI=1S/C13H11NO2S/c1-16-8-5-6-12-10(7-8)14-9-3-2-4-11(15)13(9)17-12/h2-7,14-15H,1H3. The van der Waals surface area contributed by atoms with Crippen molar-refractivity contribution in [2.24, 2.45) is 0 Å². The number of fused-ring (bicyclic) bond motifs is 2. The van der Waals surface area contributed by atoms with Crippen molar-refractivity contribution in [1.29, 1.82) is 0 Å². The zero-order chi connectivity index (χ0) is 11.8. The van der Waals surface area contributed by atoms with Gasteiger partial charge in [0.25, 0.3) is 0 Å². The zero-order valence-electron chi connectivity index (χ0n) is 9.23. The van der Waals surface area contributed by atoms with E-state index in [1.54, 1.807) is 24.9 Å². The van der Waals surface area contributed by atoms with Gasteiger partial charge in [0, 0.05) is 11.0 Å². The van der Waals surface area contributed by atoms with Crippen LogP contribution in [0.15, 0.2) is 46.2 Å². The van der Waals surface area contributed by atoms with Gasteiger partial charge in [-0.2, -0.15) is 0 Å². The van der Waals surface area contributed by atoms with Gasteiger partial charge in [-0.15, -0.1) is 0 Å². The van der Waals surface area contributed by atoms with Crippen molar-refractivity contribution in [3.05, 3.63) is 36.4 Å². The van der Waals surface area contributed by atoms with Crippen LogP contribution in [-0.2, 0) is 0 Å². The van der Waals surface area contributed by atoms with Gasteiger partial charge in [-0.05, 0) is 24.3 Å². The fourth-order valence-electron chi connectivity index (χ4n) is 1.81. The van der Waals surface area contributed by atoms with Crippen LogP contribution in [-0.4, -0.2) is 12.2 Å². The average Bonchev–Trinajstić information content (AvgIpc) is 2.36. The highest BCUT2D eigenvalue weighted by molar-refractivity contribution is 7.99. The summed E-state index contributed by atoms with van der Waals surface area (Å²) in [6, 6.07) is 11.3. The average molecular weight is 245 g/mol. The van der Waals surface area contributed by atoms with Crippen LogP contribution in [0.4, 0.5) is 11.4 Å². The number of phenolic OH excluding ortho intramolecular Hbond substituents is 1. The molecule has 1 aliphatic rings. The second-order valence-electron chi connectivity index (χ2n) is 3.74. The normalized spacial score (nSPS) is 12.3. The van der Waals surface area contributed by atoms with Crippen LogP contribution in [0.25, 0.3) is 0 Å². The maximum Gasteiger partial charge on any atom is 0.131 e. The minimum atomic E-state index is 0.307. The number of rotatable bonds is 1. The lowest BCUT2D eigenvalue weighted by molar-refractivity contribution is 0.414. The quantitative estimate of drug-likeness (QED) is 0.687. The van der Waals surface area contributed by atoms with Gasteiger partial charge >= 0.3 is 0 Å². The Labute approximate surface area is 103 Å². The van der Waals surface area contributed by atoms with Gasteiger partial charge in [-0.1, -0.05) is 17.8 Å². The Hall–Kier alpha value is -1.81. The number of hydrogen-bond acceptors (Lipinski definition) is 4. The van der Waals surface area contributed by atoms with Crippen LogP contribution in [0, 0.1) is 0 Å². The summed E-state index contributed by atoms with van der Waals surface area (Å²) in [4.78, 5) is 1.95. The highest BCUT2D eigenvalue weighted by Crippen LogP contribution is 2.48. The summed E-state index contributed by atoms with van der Waals surface area (Å²) in [5.41, 5.74) is 1.93. The Kier molecular flexibility index (Phi) is 2.37. The number of anilines is 2. The molecule has 0 bridgehead atoms. The van der Waals surface area contributed by atoms with E-state index in [4.69, 9.17) is 4.74 Å². The number of methoxy groups -OCH3 is 1. The zero-order valence-corrected chi connectivity index (χ0v) is 10.0. The maximum absolute atomic E-state index is 9.80. The fourth-order valence-corrected chi connectivity index (χ4v) is 2.79. The SMILES string of the molecule is COc1ccc2c(c1)Nc1cccc(O)c1S2. The van der Waals surface area contributed by atoms with Crippen molar-refractivity contribution in [3.8, 4) is 11.5 Å². The first-order valence-corrected chi connectivity index (χ1v) is 6.04. The predicted molar refractivity (Wildman–Crippen MR) is 68.5 cm³/mol. The van der Waals surface area contributed by atoms with E-state index in [9.17, 15) is 5.11 Å². The monoisotopic (exact) mass is 245 g/mol. The van der Waals surface area contributed by atoms with E-state index in [1.807, 2.05) is 30.3 Å². The van der Waals surface area contributed by atoms with Crippen LogP contribution in [0.1, 0.15) is 0 Å². The van der Waals surface area contributed by atoms with E-state index in [2.05, 4.69) is 5.32 Å². The number of nitrogens with one attached hydrogen (secondary N) is 1. The number of benzene rings is 2. The molecule has 0 spiro atoms. The van der Waals surface area contributed by atoms with Gasteiger partial charge in [0.05, 0.1) is 23.4 Å². The van der Waals surface area contributed by atoms with Gasteiger partial charge < -0.3 is 15.2 Å². The summed E-state index contributed by atoms with van der Waals surface area (Å²) in [5.74, 6) is 1.13. The first-order valence-electron chi connectivity index (χ1n) is 5.23. The molecule has 0 aromatic heterocycles. The Morgan fingerprint density at radius 3 is 2.88 bits per heavy atom. The summed E-state index contributed by atoms with van der Waals surface area (Å²) in [6.45, 7) is 0. The smallest absolute Gasteiger partial charge is 0.131 e. The molecule has 3 rings (SSSR count). The highest BCUT2D eigenvalue weighted by Gasteiger charge is 2.18. The number of ether oxygens (including phenoxy) is 1. The van der Waals surface area contributed by atoms with Gasteiger partial charge in [0.1, 0.15) is 11.5 Å². The first kappa shape index (κ1) is 10.4. The Bertz CT molecular complexity index is 584. The number of hydrogen-bond donors (Lipinski definition) is 2. The molecule has 0 aliphatic carbocycles. The molecule has 0 saturated heterocycles. The largest absolute Gasteiger partial charge is 0.507 e. The van der Waals surface area contributed by atoms with Crippen molar-refractivity contribution in [1.82, 2.24) is 0 Å². The lowest BCUT2D eigenvalue weighted by Crippen LogP contribution is -2.00. The molecule has 1 heterocycles. The molecule has 17 heavy (non-hydrogen) atoms. The van der Waals surface area contributed by atoms with Crippen LogP contribution in [0.5, 0.6) is 11.5 Å². The molecule has 2 aromatic rings. The molecule has 0 fully saturated rings. The molecular weight excluding hydrogens is 234 g/mol. The predicted octanol–water partition coefficient (Wildman–Crippen LogP) is 3.61. The fraction of sp³-hybridized carbons (Fsp3) is 0.0769. The second-order valence-corrected chi connectivity index (χ2v) is 4.80. The van der Waals surface area contributed by atoms with Crippen molar-refractivity contribution in [3.63, 3.8) is 0 Å². The van der Waals surface area contributed by atoms with Crippen LogP contribution in [0.2, 0.25) is 0 Å². The maximum atomic E-state index is 9.80. The van der Waals surface area contributed by atoms with Crippen molar-refractivity contribution < 1.29 is 9.84 Å². The summed E-state index contributed by atoms with van der Waals surface area (Å²) < 4.78 is 5.19. The topological polar surface area (TPSA) is 41.5 Å². The molecule has 0 amide bonds. The van der Waals surface area contributed by atoms with E-state index in [0.717, 1.165) is 26.9 Å². The summed E-state index contributed by atoms with van der Waals surface area (Å²) >= 11 is 1.56. The van der Waals surface area contributed by atoms with Crippen molar-refractivity contribution in [2.45, 2.75) is 9.79 Å². The third kappa shape index (κ3) is 1.70. The molecule has 1 aliphatic heterocycles. The van der Waals surface area contributed by atoms with Gasteiger partial charge in [0.15, 0.2) is 0 Å². The van der Waals surface area contributed by atoms with E-state index < -0.39 is 0 Å². The number of aromatic hydroxyl groups is 1. The molecule has 0 unspecified atom stereocenters. The highest BCUT2D eigenvalue weighted by atomic mass is 32.2. The second kappa shape index (κ2) is 3.89. The van der Waals surface area contributed by atoms with E-state index in [1.165, 1.54) is 0 Å². The lowest BCUT2D eigenvalue weighted by atomic mass is 10.2. The molecule has 0 radical (unpaired) electrons. The minimum absolute atomic E-state index is 0.307. The molecule has 86 valence electrons. The first-order chi connectivity index (χ1) is 8.28. The Morgan fingerprint density at radius 1 is 1.18 bits per heavy atom. The Morgan fingerprint density at radius 2 is 2.06 bits per heavy atom. The van der Waals surface area contributed by atoms with Crippen molar-refractivity contribution >= 4 is 23.1 Å². The molecular formula is C13H11NO2S. The van der Waals surface area contributed by atoms with Gasteiger partial charge in [0.2, 0.25) is 0 Å².